The number of para-hydroxylation sites is 1. The molecule has 1 unspecified atom stereocenters. The third-order valence-electron chi connectivity index (χ3n) is 4.52. The summed E-state index contributed by atoms with van der Waals surface area (Å²) in [6.45, 7) is 0.606. The molecule has 0 aliphatic carbocycles. The van der Waals surface area contributed by atoms with Crippen LogP contribution in [0.25, 0.3) is 22.3 Å². The van der Waals surface area contributed by atoms with Crippen molar-refractivity contribution in [3.8, 4) is 11.4 Å². The Hall–Kier alpha value is -2.47. The average Bonchev–Trinajstić information content (AvgIpc) is 2.99. The van der Waals surface area contributed by atoms with Gasteiger partial charge in [0.15, 0.2) is 15.7 Å². The number of rotatable bonds is 4. The van der Waals surface area contributed by atoms with E-state index in [1.54, 1.807) is 0 Å². The largest absolute Gasteiger partial charge is 0.369 e. The van der Waals surface area contributed by atoms with E-state index in [1.807, 2.05) is 54.6 Å². The van der Waals surface area contributed by atoms with Gasteiger partial charge in [0.05, 0.1) is 17.0 Å². The van der Waals surface area contributed by atoms with Crippen LogP contribution in [0.3, 0.4) is 0 Å². The Morgan fingerprint density at radius 3 is 2.52 bits per heavy atom. The lowest BCUT2D eigenvalue weighted by molar-refractivity contribution is 0.596. The molecule has 1 aliphatic heterocycles. The first kappa shape index (κ1) is 16.0. The van der Waals surface area contributed by atoms with Gasteiger partial charge in [-0.25, -0.2) is 18.4 Å². The number of sulfone groups is 1. The molecule has 2 heterocycles. The van der Waals surface area contributed by atoms with Crippen LogP contribution >= 0.6 is 0 Å². The van der Waals surface area contributed by atoms with E-state index in [0.717, 1.165) is 22.3 Å². The molecule has 6 heteroatoms. The fraction of sp³-hybridized carbons (Fsp3) is 0.263. The molecule has 1 saturated heterocycles. The summed E-state index contributed by atoms with van der Waals surface area (Å²) in [5.74, 6) is 2.11. The Morgan fingerprint density at radius 1 is 1.00 bits per heavy atom. The van der Waals surface area contributed by atoms with Crippen LogP contribution in [0, 0.1) is 5.92 Å². The molecular formula is C19H19N3O2S. The number of anilines is 1. The van der Waals surface area contributed by atoms with Gasteiger partial charge in [0.2, 0.25) is 0 Å². The van der Waals surface area contributed by atoms with E-state index in [2.05, 4.69) is 10.3 Å². The van der Waals surface area contributed by atoms with Crippen LogP contribution in [-0.2, 0) is 9.84 Å². The normalized spacial score (nSPS) is 19.1. The van der Waals surface area contributed by atoms with Gasteiger partial charge in [0.1, 0.15) is 5.82 Å². The van der Waals surface area contributed by atoms with E-state index in [0.29, 0.717) is 24.5 Å². The van der Waals surface area contributed by atoms with Crippen molar-refractivity contribution < 1.29 is 8.42 Å². The Balaban J connectivity index is 1.67. The molecular weight excluding hydrogens is 334 g/mol. The van der Waals surface area contributed by atoms with Gasteiger partial charge in [0, 0.05) is 17.5 Å². The fourth-order valence-electron chi connectivity index (χ4n) is 3.20. The third kappa shape index (κ3) is 3.49. The van der Waals surface area contributed by atoms with Gasteiger partial charge in [-0.15, -0.1) is 0 Å². The van der Waals surface area contributed by atoms with E-state index < -0.39 is 9.84 Å². The average molecular weight is 353 g/mol. The molecule has 5 nitrogen and oxygen atoms in total. The van der Waals surface area contributed by atoms with Gasteiger partial charge in [-0.05, 0) is 24.5 Å². The van der Waals surface area contributed by atoms with Crippen molar-refractivity contribution in [1.29, 1.82) is 0 Å². The highest BCUT2D eigenvalue weighted by Crippen LogP contribution is 2.26. The second-order valence-electron chi connectivity index (χ2n) is 6.43. The molecule has 1 fully saturated rings. The lowest BCUT2D eigenvalue weighted by Crippen LogP contribution is -2.16. The molecule has 1 aliphatic rings. The van der Waals surface area contributed by atoms with Gasteiger partial charge in [-0.1, -0.05) is 42.5 Å². The highest BCUT2D eigenvalue weighted by molar-refractivity contribution is 7.91. The molecule has 0 amide bonds. The number of nitrogens with zero attached hydrogens (tertiary/aromatic N) is 2. The Bertz CT molecular complexity index is 1000. The Morgan fingerprint density at radius 2 is 1.76 bits per heavy atom. The topological polar surface area (TPSA) is 72.0 Å². The monoisotopic (exact) mass is 353 g/mol. The van der Waals surface area contributed by atoms with Crippen molar-refractivity contribution in [2.75, 3.05) is 23.4 Å². The molecule has 0 radical (unpaired) electrons. The molecule has 4 rings (SSSR count). The van der Waals surface area contributed by atoms with Crippen molar-refractivity contribution >= 4 is 26.6 Å². The summed E-state index contributed by atoms with van der Waals surface area (Å²) in [5, 5.41) is 4.31. The van der Waals surface area contributed by atoms with Crippen LogP contribution < -0.4 is 5.32 Å². The van der Waals surface area contributed by atoms with Crippen molar-refractivity contribution in [2.24, 2.45) is 5.92 Å². The van der Waals surface area contributed by atoms with Gasteiger partial charge in [-0.3, -0.25) is 0 Å². The summed E-state index contributed by atoms with van der Waals surface area (Å²) in [6, 6.07) is 17.7. The second kappa shape index (κ2) is 6.44. The minimum absolute atomic E-state index is 0.138. The zero-order valence-electron chi connectivity index (χ0n) is 13.7. The smallest absolute Gasteiger partial charge is 0.162 e. The molecule has 0 saturated carbocycles. The molecule has 1 N–H and O–H groups in total. The molecule has 1 atom stereocenters. The number of aromatic nitrogens is 2. The highest BCUT2D eigenvalue weighted by Gasteiger charge is 2.27. The van der Waals surface area contributed by atoms with E-state index in [4.69, 9.17) is 4.98 Å². The van der Waals surface area contributed by atoms with E-state index in [1.165, 1.54) is 0 Å². The fourth-order valence-corrected chi connectivity index (χ4v) is 5.06. The van der Waals surface area contributed by atoms with Crippen LogP contribution in [0.4, 0.5) is 5.82 Å². The first-order valence-electron chi connectivity index (χ1n) is 8.37. The van der Waals surface area contributed by atoms with Crippen LogP contribution in [0.2, 0.25) is 0 Å². The van der Waals surface area contributed by atoms with Crippen molar-refractivity contribution in [3.05, 3.63) is 54.6 Å². The lowest BCUT2D eigenvalue weighted by Gasteiger charge is -2.13. The van der Waals surface area contributed by atoms with Gasteiger partial charge in [-0.2, -0.15) is 0 Å². The number of nitrogens with one attached hydrogen (secondary N) is 1. The summed E-state index contributed by atoms with van der Waals surface area (Å²) in [6.07, 6.45) is 0.712. The van der Waals surface area contributed by atoms with Crippen molar-refractivity contribution in [3.63, 3.8) is 0 Å². The number of fused-ring (bicyclic) bond motifs is 1. The molecule has 1 aromatic heterocycles. The first-order valence-corrected chi connectivity index (χ1v) is 10.2. The summed E-state index contributed by atoms with van der Waals surface area (Å²) < 4.78 is 23.3. The number of hydrogen-bond acceptors (Lipinski definition) is 5. The van der Waals surface area contributed by atoms with Gasteiger partial charge >= 0.3 is 0 Å². The molecule has 128 valence electrons. The zero-order valence-corrected chi connectivity index (χ0v) is 14.5. The quantitative estimate of drug-likeness (QED) is 0.780. The zero-order chi connectivity index (χ0) is 17.3. The summed E-state index contributed by atoms with van der Waals surface area (Å²) in [7, 11) is -2.87. The van der Waals surface area contributed by atoms with Crippen LogP contribution in [0.15, 0.2) is 54.6 Å². The molecule has 3 aromatic rings. The maximum atomic E-state index is 11.7. The minimum atomic E-state index is -2.87. The van der Waals surface area contributed by atoms with Gasteiger partial charge < -0.3 is 5.32 Å². The second-order valence-corrected chi connectivity index (χ2v) is 8.66. The minimum Gasteiger partial charge on any atom is -0.369 e. The van der Waals surface area contributed by atoms with Crippen LogP contribution in [0.5, 0.6) is 0 Å². The number of hydrogen-bond donors (Lipinski definition) is 1. The molecule has 25 heavy (non-hydrogen) atoms. The van der Waals surface area contributed by atoms with E-state index in [-0.39, 0.29) is 11.7 Å². The summed E-state index contributed by atoms with van der Waals surface area (Å²) in [5.41, 5.74) is 1.83. The predicted molar refractivity (Wildman–Crippen MR) is 100 cm³/mol. The standard InChI is InChI=1S/C19H19N3O2S/c23-25(24)11-10-14(13-25)12-20-19-16-8-4-5-9-17(16)21-18(22-19)15-6-2-1-3-7-15/h1-9,14H,10-13H2,(H,20,21,22). The summed E-state index contributed by atoms with van der Waals surface area (Å²) >= 11 is 0. The highest BCUT2D eigenvalue weighted by atomic mass is 32.2. The van der Waals surface area contributed by atoms with Crippen molar-refractivity contribution in [2.45, 2.75) is 6.42 Å². The maximum Gasteiger partial charge on any atom is 0.162 e. The predicted octanol–water partition coefficient (Wildman–Crippen LogP) is 3.14. The van der Waals surface area contributed by atoms with Crippen LogP contribution in [0.1, 0.15) is 6.42 Å². The Labute approximate surface area is 147 Å². The van der Waals surface area contributed by atoms with Crippen molar-refractivity contribution in [1.82, 2.24) is 9.97 Å². The lowest BCUT2D eigenvalue weighted by atomic mass is 10.1. The molecule has 0 spiro atoms. The summed E-state index contributed by atoms with van der Waals surface area (Å²) in [4.78, 5) is 9.36. The first-order chi connectivity index (χ1) is 12.1. The third-order valence-corrected chi connectivity index (χ3v) is 6.36. The molecule has 0 bridgehead atoms. The van der Waals surface area contributed by atoms with E-state index in [9.17, 15) is 8.42 Å². The van der Waals surface area contributed by atoms with Gasteiger partial charge in [0.25, 0.3) is 0 Å². The Kier molecular flexibility index (Phi) is 4.13. The van der Waals surface area contributed by atoms with E-state index >= 15 is 0 Å². The SMILES string of the molecule is O=S1(=O)CCC(CNc2nc(-c3ccccc3)nc3ccccc23)C1. The molecule has 2 aromatic carbocycles. The number of benzene rings is 2. The maximum absolute atomic E-state index is 11.7. The van der Waals surface area contributed by atoms with Crippen LogP contribution in [-0.4, -0.2) is 36.4 Å².